The average molecular weight is 174 g/mol. The number of rotatable bonds is 0. The van der Waals surface area contributed by atoms with Crippen LogP contribution in [0, 0.1) is 23.7 Å². The molecule has 0 fully saturated rings. The largest absolute Gasteiger partial charge is 0.336 e. The smallest absolute Gasteiger partial charge is 0.120 e. The zero-order chi connectivity index (χ0) is 9.64. The molecule has 0 N–H and O–H groups in total. The predicted molar refractivity (Wildman–Crippen MR) is 51.4 cm³/mol. The molecular weight excluding hydrogens is 160 g/mol. The van der Waals surface area contributed by atoms with Gasteiger partial charge in [-0.2, -0.15) is 5.26 Å². The lowest BCUT2D eigenvalue weighted by Gasteiger charge is -2.15. The van der Waals surface area contributed by atoms with Crippen molar-refractivity contribution >= 4 is 0 Å². The van der Waals surface area contributed by atoms with Crippen molar-refractivity contribution in [3.8, 4) is 6.07 Å². The lowest BCUT2D eigenvalue weighted by Crippen LogP contribution is -2.12. The van der Waals surface area contributed by atoms with Crippen LogP contribution in [-0.4, -0.2) is 4.57 Å². The molecule has 2 heterocycles. The summed E-state index contributed by atoms with van der Waals surface area (Å²) in [5, 5.41) is 8.91. The highest BCUT2D eigenvalue weighted by molar-refractivity contribution is 5.36. The van der Waals surface area contributed by atoms with Crippen molar-refractivity contribution in [2.75, 3.05) is 0 Å². The van der Waals surface area contributed by atoms with Gasteiger partial charge in [0.1, 0.15) is 11.8 Å². The van der Waals surface area contributed by atoms with Crippen molar-refractivity contribution in [1.29, 1.82) is 5.26 Å². The molecule has 0 radical (unpaired) electrons. The summed E-state index contributed by atoms with van der Waals surface area (Å²) in [6, 6.07) is 4.24. The van der Waals surface area contributed by atoms with E-state index in [0.29, 0.717) is 5.41 Å². The van der Waals surface area contributed by atoms with Gasteiger partial charge in [0.25, 0.3) is 0 Å². The van der Waals surface area contributed by atoms with Gasteiger partial charge in [0.05, 0.1) is 0 Å². The van der Waals surface area contributed by atoms with Crippen LogP contribution in [0.4, 0.5) is 0 Å². The van der Waals surface area contributed by atoms with Gasteiger partial charge in [0.2, 0.25) is 0 Å². The summed E-state index contributed by atoms with van der Waals surface area (Å²) in [7, 11) is 0. The van der Waals surface area contributed by atoms with Crippen molar-refractivity contribution in [3.05, 3.63) is 23.0 Å². The molecule has 2 heteroatoms. The molecule has 1 aliphatic heterocycles. The van der Waals surface area contributed by atoms with E-state index in [2.05, 4.69) is 31.4 Å². The van der Waals surface area contributed by atoms with Crippen LogP contribution in [-0.2, 0) is 13.0 Å². The lowest BCUT2D eigenvalue weighted by molar-refractivity contribution is 0.358. The van der Waals surface area contributed by atoms with Gasteiger partial charge >= 0.3 is 0 Å². The molecule has 0 aromatic carbocycles. The minimum Gasteiger partial charge on any atom is -0.336 e. The third-order valence-electron chi connectivity index (χ3n) is 2.77. The van der Waals surface area contributed by atoms with E-state index in [0.717, 1.165) is 18.7 Å². The number of fused-ring (bicyclic) bond motifs is 1. The van der Waals surface area contributed by atoms with Gasteiger partial charge in [-0.3, -0.25) is 0 Å². The van der Waals surface area contributed by atoms with E-state index in [9.17, 15) is 0 Å². The van der Waals surface area contributed by atoms with E-state index in [1.54, 1.807) is 0 Å². The van der Waals surface area contributed by atoms with Gasteiger partial charge in [-0.1, -0.05) is 13.8 Å². The zero-order valence-corrected chi connectivity index (χ0v) is 8.39. The highest BCUT2D eigenvalue weighted by Crippen LogP contribution is 2.35. The fourth-order valence-corrected chi connectivity index (χ4v) is 2.17. The maximum absolute atomic E-state index is 8.91. The van der Waals surface area contributed by atoms with Crippen molar-refractivity contribution in [2.24, 2.45) is 5.41 Å². The number of hydrogen-bond acceptors (Lipinski definition) is 1. The zero-order valence-electron chi connectivity index (χ0n) is 8.39. The minimum absolute atomic E-state index is 0.326. The van der Waals surface area contributed by atoms with Crippen molar-refractivity contribution in [1.82, 2.24) is 4.57 Å². The number of hydrogen-bond donors (Lipinski definition) is 0. The Morgan fingerprint density at radius 2 is 2.23 bits per heavy atom. The first-order chi connectivity index (χ1) is 6.03. The Hall–Kier alpha value is -1.23. The standard InChI is InChI=1S/C11H14N2/c1-8-4-9(6-12)13-7-11(2,3)5-10(8)13/h4H,5,7H2,1-3H3. The van der Waals surface area contributed by atoms with Crippen molar-refractivity contribution in [2.45, 2.75) is 33.7 Å². The summed E-state index contributed by atoms with van der Waals surface area (Å²) < 4.78 is 2.16. The molecule has 0 spiro atoms. The Balaban J connectivity index is 2.54. The first-order valence-electron chi connectivity index (χ1n) is 4.63. The number of nitrogens with zero attached hydrogens (tertiary/aromatic N) is 2. The molecule has 13 heavy (non-hydrogen) atoms. The van der Waals surface area contributed by atoms with Crippen LogP contribution in [0.2, 0.25) is 0 Å². The van der Waals surface area contributed by atoms with Crippen molar-refractivity contribution < 1.29 is 0 Å². The predicted octanol–water partition coefficient (Wildman–Crippen LogP) is 2.25. The Morgan fingerprint density at radius 1 is 1.54 bits per heavy atom. The van der Waals surface area contributed by atoms with E-state index >= 15 is 0 Å². The molecule has 0 amide bonds. The molecule has 2 rings (SSSR count). The Kier molecular flexibility index (Phi) is 1.53. The summed E-state index contributed by atoms with van der Waals surface area (Å²) in [6.07, 6.45) is 1.10. The highest BCUT2D eigenvalue weighted by atomic mass is 15.0. The van der Waals surface area contributed by atoms with Gasteiger partial charge in [0, 0.05) is 12.2 Å². The maximum atomic E-state index is 8.91. The van der Waals surface area contributed by atoms with Crippen LogP contribution in [0.25, 0.3) is 0 Å². The van der Waals surface area contributed by atoms with Crippen LogP contribution < -0.4 is 0 Å². The second-order valence-electron chi connectivity index (χ2n) is 4.70. The van der Waals surface area contributed by atoms with E-state index in [4.69, 9.17) is 5.26 Å². The summed E-state index contributed by atoms with van der Waals surface area (Å²) >= 11 is 0. The molecule has 0 saturated heterocycles. The second kappa shape index (κ2) is 2.38. The van der Waals surface area contributed by atoms with E-state index in [1.807, 2.05) is 6.07 Å². The molecule has 0 unspecified atom stereocenters. The van der Waals surface area contributed by atoms with Crippen LogP contribution in [0.3, 0.4) is 0 Å². The molecule has 68 valence electrons. The average Bonchev–Trinajstić information content (AvgIpc) is 2.47. The van der Waals surface area contributed by atoms with Gasteiger partial charge in [0.15, 0.2) is 0 Å². The normalized spacial score (nSPS) is 18.3. The molecule has 0 aliphatic carbocycles. The SMILES string of the molecule is Cc1cc(C#N)n2c1CC(C)(C)C2. The summed E-state index contributed by atoms with van der Waals surface area (Å²) in [5.74, 6) is 0. The Bertz CT molecular complexity index is 391. The molecule has 0 bridgehead atoms. The van der Waals surface area contributed by atoms with Gasteiger partial charge in [-0.05, 0) is 30.4 Å². The molecule has 1 aromatic heterocycles. The fourth-order valence-electron chi connectivity index (χ4n) is 2.17. The van der Waals surface area contributed by atoms with Crippen molar-refractivity contribution in [3.63, 3.8) is 0 Å². The molecule has 0 saturated carbocycles. The van der Waals surface area contributed by atoms with Crippen LogP contribution in [0.5, 0.6) is 0 Å². The van der Waals surface area contributed by atoms with Gasteiger partial charge < -0.3 is 4.57 Å². The first kappa shape index (κ1) is 8.37. The van der Waals surface area contributed by atoms with Crippen LogP contribution in [0.15, 0.2) is 6.07 Å². The molecule has 0 atom stereocenters. The van der Waals surface area contributed by atoms with Crippen LogP contribution in [0.1, 0.15) is 30.8 Å². The van der Waals surface area contributed by atoms with Gasteiger partial charge in [-0.25, -0.2) is 0 Å². The Morgan fingerprint density at radius 3 is 2.85 bits per heavy atom. The molecule has 2 nitrogen and oxygen atoms in total. The summed E-state index contributed by atoms with van der Waals surface area (Å²) in [6.45, 7) is 7.58. The number of aromatic nitrogens is 1. The Labute approximate surface area is 78.8 Å². The highest BCUT2D eigenvalue weighted by Gasteiger charge is 2.31. The van der Waals surface area contributed by atoms with E-state index < -0.39 is 0 Å². The third-order valence-corrected chi connectivity index (χ3v) is 2.77. The summed E-state index contributed by atoms with van der Waals surface area (Å²) in [5.41, 5.74) is 3.76. The first-order valence-corrected chi connectivity index (χ1v) is 4.63. The van der Waals surface area contributed by atoms with Gasteiger partial charge in [-0.15, -0.1) is 0 Å². The topological polar surface area (TPSA) is 28.7 Å². The summed E-state index contributed by atoms with van der Waals surface area (Å²) in [4.78, 5) is 0. The lowest BCUT2D eigenvalue weighted by atomic mass is 9.90. The van der Waals surface area contributed by atoms with Crippen LogP contribution >= 0.6 is 0 Å². The minimum atomic E-state index is 0.326. The quantitative estimate of drug-likeness (QED) is 0.593. The van der Waals surface area contributed by atoms with E-state index in [1.165, 1.54) is 11.3 Å². The number of nitriles is 1. The monoisotopic (exact) mass is 174 g/mol. The number of aryl methyl sites for hydroxylation is 1. The third kappa shape index (κ3) is 1.16. The fraction of sp³-hybridized carbons (Fsp3) is 0.545. The second-order valence-corrected chi connectivity index (χ2v) is 4.70. The maximum Gasteiger partial charge on any atom is 0.120 e. The molecular formula is C11H14N2. The molecule has 1 aromatic rings. The molecule has 1 aliphatic rings. The van der Waals surface area contributed by atoms with E-state index in [-0.39, 0.29) is 0 Å².